The second kappa shape index (κ2) is 5.36. The van der Waals surface area contributed by atoms with Crippen molar-refractivity contribution in [3.63, 3.8) is 0 Å². The summed E-state index contributed by atoms with van der Waals surface area (Å²) >= 11 is 0. The van der Waals surface area contributed by atoms with Gasteiger partial charge in [0.1, 0.15) is 5.60 Å². The third-order valence-electron chi connectivity index (χ3n) is 3.28. The van der Waals surface area contributed by atoms with Crippen molar-refractivity contribution in [1.82, 2.24) is 10.4 Å². The van der Waals surface area contributed by atoms with Crippen LogP contribution in [-0.4, -0.2) is 41.7 Å². The van der Waals surface area contributed by atoms with Gasteiger partial charge in [0.15, 0.2) is 0 Å². The Labute approximate surface area is 113 Å². The Morgan fingerprint density at radius 2 is 1.84 bits per heavy atom. The summed E-state index contributed by atoms with van der Waals surface area (Å²) in [7, 11) is 0. The van der Waals surface area contributed by atoms with Crippen LogP contribution < -0.4 is 5.48 Å². The predicted octanol–water partition coefficient (Wildman–Crippen LogP) is 1.45. The number of carbonyl (C=O) groups is 2. The van der Waals surface area contributed by atoms with Gasteiger partial charge in [-0.2, -0.15) is 0 Å². The summed E-state index contributed by atoms with van der Waals surface area (Å²) in [5.74, 6) is -0.334. The molecular weight excluding hydrogens is 248 g/mol. The Bertz CT molecular complexity index is 354. The summed E-state index contributed by atoms with van der Waals surface area (Å²) in [6, 6.07) is 0. The van der Waals surface area contributed by atoms with Crippen molar-refractivity contribution in [2.45, 2.75) is 51.7 Å². The molecule has 2 amide bonds. The zero-order valence-electron chi connectivity index (χ0n) is 11.8. The molecule has 0 aromatic rings. The number of nitrogens with zero attached hydrogens (tertiary/aromatic N) is 1. The molecule has 0 atom stereocenters. The Hall–Kier alpha value is -1.30. The number of hydrogen-bond donors (Lipinski definition) is 1. The van der Waals surface area contributed by atoms with E-state index in [1.54, 1.807) is 0 Å². The van der Waals surface area contributed by atoms with Crippen LogP contribution in [0, 0.1) is 5.92 Å². The number of amides is 2. The summed E-state index contributed by atoms with van der Waals surface area (Å²) in [5, 5.41) is 0. The Morgan fingerprint density at radius 3 is 2.32 bits per heavy atom. The van der Waals surface area contributed by atoms with Crippen molar-refractivity contribution < 1.29 is 19.2 Å². The van der Waals surface area contributed by atoms with Crippen LogP contribution >= 0.6 is 0 Å². The zero-order chi connectivity index (χ0) is 14.0. The molecule has 1 aliphatic carbocycles. The number of hydrogen-bond acceptors (Lipinski definition) is 4. The highest BCUT2D eigenvalue weighted by molar-refractivity contribution is 5.81. The fourth-order valence-electron chi connectivity index (χ4n) is 1.83. The fraction of sp³-hybridized carbons (Fsp3) is 0.846. The van der Waals surface area contributed by atoms with Crippen LogP contribution in [0.25, 0.3) is 0 Å². The molecule has 1 saturated heterocycles. The van der Waals surface area contributed by atoms with Crippen molar-refractivity contribution in [3.8, 4) is 0 Å². The molecule has 0 radical (unpaired) electrons. The molecule has 1 N–H and O–H groups in total. The lowest BCUT2D eigenvalue weighted by Crippen LogP contribution is -2.57. The summed E-state index contributed by atoms with van der Waals surface area (Å²) in [4.78, 5) is 30.1. The van der Waals surface area contributed by atoms with Crippen molar-refractivity contribution in [2.24, 2.45) is 5.92 Å². The topological polar surface area (TPSA) is 67.9 Å². The molecule has 6 heteroatoms. The van der Waals surface area contributed by atoms with Gasteiger partial charge in [-0.25, -0.2) is 10.3 Å². The lowest BCUT2D eigenvalue weighted by Gasteiger charge is -2.39. The molecule has 108 valence electrons. The molecule has 19 heavy (non-hydrogen) atoms. The normalized spacial score (nSPS) is 20.5. The van der Waals surface area contributed by atoms with E-state index in [9.17, 15) is 9.59 Å². The number of hydroxylamine groups is 1. The molecular formula is C13H22N2O4. The average molecular weight is 270 g/mol. The predicted molar refractivity (Wildman–Crippen MR) is 68.2 cm³/mol. The van der Waals surface area contributed by atoms with Crippen molar-refractivity contribution in [1.29, 1.82) is 0 Å². The van der Waals surface area contributed by atoms with Crippen LogP contribution in [0.5, 0.6) is 0 Å². The van der Waals surface area contributed by atoms with Gasteiger partial charge in [-0.3, -0.25) is 9.63 Å². The minimum atomic E-state index is -0.502. The van der Waals surface area contributed by atoms with Crippen molar-refractivity contribution in [2.75, 3.05) is 13.1 Å². The van der Waals surface area contributed by atoms with E-state index in [4.69, 9.17) is 9.57 Å². The quantitative estimate of drug-likeness (QED) is 0.788. The van der Waals surface area contributed by atoms with Crippen LogP contribution in [0.3, 0.4) is 0 Å². The number of likely N-dealkylation sites (tertiary alicyclic amines) is 1. The molecule has 1 heterocycles. The van der Waals surface area contributed by atoms with Gasteiger partial charge in [0, 0.05) is 13.1 Å². The highest BCUT2D eigenvalue weighted by Gasteiger charge is 2.38. The SMILES string of the molecule is CC(C)(C)OC(=O)N1CC(C(=O)NOC2CCC2)C1. The van der Waals surface area contributed by atoms with Crippen LogP contribution in [-0.2, 0) is 14.4 Å². The maximum Gasteiger partial charge on any atom is 0.410 e. The molecule has 0 aromatic carbocycles. The molecule has 0 unspecified atom stereocenters. The van der Waals surface area contributed by atoms with E-state index < -0.39 is 5.60 Å². The maximum atomic E-state index is 11.7. The highest BCUT2D eigenvalue weighted by atomic mass is 16.7. The van der Waals surface area contributed by atoms with Gasteiger partial charge in [-0.1, -0.05) is 0 Å². The third-order valence-corrected chi connectivity index (χ3v) is 3.28. The van der Waals surface area contributed by atoms with E-state index in [1.165, 1.54) is 4.90 Å². The Balaban J connectivity index is 1.64. The van der Waals surface area contributed by atoms with Gasteiger partial charge in [0.05, 0.1) is 12.0 Å². The standard InChI is InChI=1S/C13H22N2O4/c1-13(2,3)18-12(17)15-7-9(8-15)11(16)14-19-10-5-4-6-10/h9-10H,4-8H2,1-3H3,(H,14,16). The van der Waals surface area contributed by atoms with Gasteiger partial charge in [-0.05, 0) is 40.0 Å². The maximum absolute atomic E-state index is 11.7. The number of rotatable bonds is 3. The second-order valence-corrected chi connectivity index (χ2v) is 6.22. The molecule has 2 aliphatic rings. The van der Waals surface area contributed by atoms with Crippen molar-refractivity contribution in [3.05, 3.63) is 0 Å². The molecule has 2 rings (SSSR count). The smallest absolute Gasteiger partial charge is 0.410 e. The largest absolute Gasteiger partial charge is 0.444 e. The average Bonchev–Trinajstić information content (AvgIpc) is 2.09. The van der Waals surface area contributed by atoms with Gasteiger partial charge in [0.25, 0.3) is 0 Å². The zero-order valence-corrected chi connectivity index (χ0v) is 11.8. The van der Waals surface area contributed by atoms with Gasteiger partial charge in [0.2, 0.25) is 5.91 Å². The second-order valence-electron chi connectivity index (χ2n) is 6.22. The summed E-state index contributed by atoms with van der Waals surface area (Å²) in [6.45, 7) is 6.26. The molecule has 0 bridgehead atoms. The van der Waals surface area contributed by atoms with Crippen LogP contribution in [0.15, 0.2) is 0 Å². The number of nitrogens with one attached hydrogen (secondary N) is 1. The van der Waals surface area contributed by atoms with Gasteiger partial charge in [-0.15, -0.1) is 0 Å². The van der Waals surface area contributed by atoms with E-state index in [-0.39, 0.29) is 24.0 Å². The third kappa shape index (κ3) is 3.83. The molecule has 0 aromatic heterocycles. The first-order valence-corrected chi connectivity index (χ1v) is 6.78. The van der Waals surface area contributed by atoms with Crippen LogP contribution in [0.2, 0.25) is 0 Å². The Kier molecular flexibility index (Phi) is 3.99. The molecule has 6 nitrogen and oxygen atoms in total. The summed E-state index contributed by atoms with van der Waals surface area (Å²) in [5.41, 5.74) is 1.97. The minimum absolute atomic E-state index is 0.147. The summed E-state index contributed by atoms with van der Waals surface area (Å²) in [6.07, 6.45) is 2.99. The first-order valence-electron chi connectivity index (χ1n) is 6.78. The fourth-order valence-corrected chi connectivity index (χ4v) is 1.83. The van der Waals surface area contributed by atoms with E-state index in [2.05, 4.69) is 5.48 Å². The molecule has 1 saturated carbocycles. The first-order chi connectivity index (χ1) is 8.85. The Morgan fingerprint density at radius 1 is 1.21 bits per heavy atom. The monoisotopic (exact) mass is 270 g/mol. The van der Waals surface area contributed by atoms with Crippen molar-refractivity contribution >= 4 is 12.0 Å². The first kappa shape index (κ1) is 14.1. The molecule has 2 fully saturated rings. The minimum Gasteiger partial charge on any atom is -0.444 e. The van der Waals surface area contributed by atoms with Gasteiger partial charge < -0.3 is 9.64 Å². The van der Waals surface area contributed by atoms with E-state index in [0.29, 0.717) is 13.1 Å². The molecule has 0 spiro atoms. The lowest BCUT2D eigenvalue weighted by atomic mass is 9.96. The van der Waals surface area contributed by atoms with E-state index in [1.807, 2.05) is 20.8 Å². The van der Waals surface area contributed by atoms with Gasteiger partial charge >= 0.3 is 6.09 Å². The lowest BCUT2D eigenvalue weighted by molar-refractivity contribution is -0.151. The molecule has 1 aliphatic heterocycles. The summed E-state index contributed by atoms with van der Waals surface area (Å²) < 4.78 is 5.22. The van der Waals surface area contributed by atoms with E-state index >= 15 is 0 Å². The number of ether oxygens (including phenoxy) is 1. The number of carbonyl (C=O) groups excluding carboxylic acids is 2. The van der Waals surface area contributed by atoms with Crippen LogP contribution in [0.4, 0.5) is 4.79 Å². The van der Waals surface area contributed by atoms with Crippen LogP contribution in [0.1, 0.15) is 40.0 Å². The van der Waals surface area contributed by atoms with E-state index in [0.717, 1.165) is 19.3 Å². The highest BCUT2D eigenvalue weighted by Crippen LogP contribution is 2.22.